The van der Waals surface area contributed by atoms with Gasteiger partial charge >= 0.3 is 0 Å². The average molecular weight is 340 g/mol. The van der Waals surface area contributed by atoms with Gasteiger partial charge in [-0.2, -0.15) is 17.4 Å². The van der Waals surface area contributed by atoms with E-state index in [-0.39, 0.29) is 0 Å². The van der Waals surface area contributed by atoms with Gasteiger partial charge in [0, 0.05) is 13.1 Å². The van der Waals surface area contributed by atoms with Crippen LogP contribution in [0.25, 0.3) is 0 Å². The summed E-state index contributed by atoms with van der Waals surface area (Å²) >= 11 is 0. The minimum Gasteiger partial charge on any atom is -0.330 e. The van der Waals surface area contributed by atoms with E-state index in [0.717, 1.165) is 18.4 Å². The number of nitrogens with zero attached hydrogens (tertiary/aromatic N) is 1. The number of rotatable bonds is 5. The Morgan fingerprint density at radius 1 is 1.22 bits per heavy atom. The molecule has 3 N–H and O–H groups in total. The van der Waals surface area contributed by atoms with Crippen LogP contribution in [0.3, 0.4) is 0 Å². The number of hydrogen-bond donors (Lipinski definition) is 2. The second-order valence-corrected chi connectivity index (χ2v) is 8.78. The Bertz CT molecular complexity index is 648. The highest BCUT2D eigenvalue weighted by Crippen LogP contribution is 2.25. The van der Waals surface area contributed by atoms with Crippen LogP contribution in [0.1, 0.15) is 43.4 Å². The molecule has 1 aliphatic rings. The molecular weight excluding hydrogens is 310 g/mol. The first-order valence-corrected chi connectivity index (χ1v) is 9.66. The van der Waals surface area contributed by atoms with Crippen LogP contribution in [0.4, 0.5) is 0 Å². The standard InChI is InChI=1S/C17H29N3O2S/c1-13-5-6-16(11-14(13)2)17(3,4)19-23(21,22)20-9-7-15(12-18)8-10-20/h5-6,11,15,19H,7-10,12,18H2,1-4H3. The van der Waals surface area contributed by atoms with Crippen molar-refractivity contribution in [3.63, 3.8) is 0 Å². The van der Waals surface area contributed by atoms with E-state index >= 15 is 0 Å². The molecule has 0 aliphatic carbocycles. The van der Waals surface area contributed by atoms with E-state index in [4.69, 9.17) is 5.73 Å². The predicted octanol–water partition coefficient (Wildman–Crippen LogP) is 2.04. The molecule has 23 heavy (non-hydrogen) atoms. The zero-order valence-corrected chi connectivity index (χ0v) is 15.4. The summed E-state index contributed by atoms with van der Waals surface area (Å²) in [6.45, 7) is 9.62. The Morgan fingerprint density at radius 3 is 2.35 bits per heavy atom. The van der Waals surface area contributed by atoms with Gasteiger partial charge in [-0.15, -0.1) is 0 Å². The fourth-order valence-corrected chi connectivity index (χ4v) is 4.54. The summed E-state index contributed by atoms with van der Waals surface area (Å²) in [4.78, 5) is 0. The van der Waals surface area contributed by atoms with E-state index in [1.54, 1.807) is 4.31 Å². The molecule has 2 rings (SSSR count). The Balaban J connectivity index is 2.13. The maximum absolute atomic E-state index is 12.7. The molecule has 6 heteroatoms. The first kappa shape index (κ1) is 18.4. The molecule has 0 radical (unpaired) electrons. The van der Waals surface area contributed by atoms with Gasteiger partial charge < -0.3 is 5.73 Å². The summed E-state index contributed by atoms with van der Waals surface area (Å²) in [5, 5.41) is 0. The Labute approximate surface area is 140 Å². The van der Waals surface area contributed by atoms with Crippen molar-refractivity contribution in [2.45, 2.75) is 46.1 Å². The molecule has 0 aromatic heterocycles. The first-order valence-electron chi connectivity index (χ1n) is 8.22. The van der Waals surface area contributed by atoms with Gasteiger partial charge in [-0.1, -0.05) is 18.2 Å². The third-order valence-electron chi connectivity index (χ3n) is 4.86. The van der Waals surface area contributed by atoms with Gasteiger partial charge in [-0.3, -0.25) is 0 Å². The van der Waals surface area contributed by atoms with Crippen molar-refractivity contribution in [1.82, 2.24) is 9.03 Å². The van der Waals surface area contributed by atoms with Crippen molar-refractivity contribution in [2.24, 2.45) is 11.7 Å². The molecule has 0 amide bonds. The number of aryl methyl sites for hydroxylation is 2. The van der Waals surface area contributed by atoms with Crippen LogP contribution < -0.4 is 10.5 Å². The molecule has 5 nitrogen and oxygen atoms in total. The normalized spacial score (nSPS) is 18.3. The van der Waals surface area contributed by atoms with E-state index < -0.39 is 15.7 Å². The lowest BCUT2D eigenvalue weighted by Crippen LogP contribution is -2.51. The van der Waals surface area contributed by atoms with Crippen LogP contribution in [-0.2, 0) is 15.7 Å². The quantitative estimate of drug-likeness (QED) is 0.862. The maximum Gasteiger partial charge on any atom is 0.280 e. The van der Waals surface area contributed by atoms with E-state index in [9.17, 15) is 8.42 Å². The number of benzene rings is 1. The summed E-state index contributed by atoms with van der Waals surface area (Å²) in [6.07, 6.45) is 1.67. The van der Waals surface area contributed by atoms with Gasteiger partial charge in [0.2, 0.25) is 0 Å². The molecule has 0 saturated carbocycles. The van der Waals surface area contributed by atoms with E-state index in [2.05, 4.69) is 17.7 Å². The minimum atomic E-state index is -3.50. The molecule has 1 fully saturated rings. The monoisotopic (exact) mass is 339 g/mol. The van der Waals surface area contributed by atoms with Crippen molar-refractivity contribution in [3.8, 4) is 0 Å². The van der Waals surface area contributed by atoms with Gasteiger partial charge in [0.15, 0.2) is 0 Å². The fraction of sp³-hybridized carbons (Fsp3) is 0.647. The third-order valence-corrected chi connectivity index (χ3v) is 6.67. The smallest absolute Gasteiger partial charge is 0.280 e. The van der Waals surface area contributed by atoms with Crippen molar-refractivity contribution >= 4 is 10.2 Å². The molecule has 130 valence electrons. The van der Waals surface area contributed by atoms with Gasteiger partial charge in [0.25, 0.3) is 10.2 Å². The first-order chi connectivity index (χ1) is 10.7. The van der Waals surface area contributed by atoms with E-state index in [1.807, 2.05) is 32.9 Å². The number of hydrogen-bond acceptors (Lipinski definition) is 3. The molecule has 0 unspecified atom stereocenters. The van der Waals surface area contributed by atoms with Crippen molar-refractivity contribution in [1.29, 1.82) is 0 Å². The van der Waals surface area contributed by atoms with Crippen LogP contribution in [-0.4, -0.2) is 32.4 Å². The highest BCUT2D eigenvalue weighted by atomic mass is 32.2. The predicted molar refractivity (Wildman–Crippen MR) is 94.3 cm³/mol. The van der Waals surface area contributed by atoms with Crippen LogP contribution in [0.15, 0.2) is 18.2 Å². The SMILES string of the molecule is Cc1ccc(C(C)(C)NS(=O)(=O)N2CCC(CN)CC2)cc1C. The van der Waals surface area contributed by atoms with Crippen LogP contribution in [0.5, 0.6) is 0 Å². The number of nitrogens with one attached hydrogen (secondary N) is 1. The topological polar surface area (TPSA) is 75.4 Å². The molecule has 1 aliphatic heterocycles. The van der Waals surface area contributed by atoms with Gasteiger partial charge in [0.1, 0.15) is 0 Å². The Kier molecular flexibility index (Phi) is 5.51. The number of piperidine rings is 1. The largest absolute Gasteiger partial charge is 0.330 e. The third kappa shape index (κ3) is 4.32. The summed E-state index contributed by atoms with van der Waals surface area (Å²) in [5.41, 5.74) is 8.37. The minimum absolute atomic E-state index is 0.439. The van der Waals surface area contributed by atoms with Gasteiger partial charge in [0.05, 0.1) is 5.54 Å². The molecule has 0 spiro atoms. The van der Waals surface area contributed by atoms with Crippen LogP contribution >= 0.6 is 0 Å². The van der Waals surface area contributed by atoms with Crippen molar-refractivity contribution < 1.29 is 8.42 Å². The van der Waals surface area contributed by atoms with Gasteiger partial charge in [-0.25, -0.2) is 0 Å². The summed E-state index contributed by atoms with van der Waals surface area (Å²) in [5.74, 6) is 0.439. The Hall–Kier alpha value is -0.950. The summed E-state index contributed by atoms with van der Waals surface area (Å²) in [6, 6.07) is 6.08. The van der Waals surface area contributed by atoms with E-state index in [1.165, 1.54) is 11.1 Å². The molecule has 0 bridgehead atoms. The van der Waals surface area contributed by atoms with Crippen molar-refractivity contribution in [3.05, 3.63) is 34.9 Å². The maximum atomic E-state index is 12.7. The second kappa shape index (κ2) is 6.89. The summed E-state index contributed by atoms with van der Waals surface area (Å²) < 4.78 is 29.8. The molecular formula is C17H29N3O2S. The van der Waals surface area contributed by atoms with Gasteiger partial charge in [-0.05, 0) is 69.7 Å². The van der Waals surface area contributed by atoms with Crippen LogP contribution in [0.2, 0.25) is 0 Å². The van der Waals surface area contributed by atoms with Crippen LogP contribution in [0, 0.1) is 19.8 Å². The van der Waals surface area contributed by atoms with E-state index in [0.29, 0.717) is 25.6 Å². The average Bonchev–Trinajstić information content (AvgIpc) is 2.49. The zero-order valence-electron chi connectivity index (χ0n) is 14.6. The second-order valence-electron chi connectivity index (χ2n) is 7.11. The summed E-state index contributed by atoms with van der Waals surface area (Å²) in [7, 11) is -3.50. The molecule has 1 aromatic rings. The molecule has 1 heterocycles. The highest BCUT2D eigenvalue weighted by molar-refractivity contribution is 7.87. The zero-order chi connectivity index (χ0) is 17.3. The lowest BCUT2D eigenvalue weighted by molar-refractivity contribution is 0.271. The Morgan fingerprint density at radius 2 is 1.83 bits per heavy atom. The van der Waals surface area contributed by atoms with Crippen molar-refractivity contribution in [2.75, 3.05) is 19.6 Å². The highest BCUT2D eigenvalue weighted by Gasteiger charge is 2.33. The lowest BCUT2D eigenvalue weighted by Gasteiger charge is -2.34. The fourth-order valence-electron chi connectivity index (χ4n) is 2.96. The molecule has 1 aromatic carbocycles. The number of nitrogens with two attached hydrogens (primary N) is 1. The molecule has 0 atom stereocenters. The molecule has 1 saturated heterocycles. The lowest BCUT2D eigenvalue weighted by atomic mass is 9.93.